The van der Waals surface area contributed by atoms with Gasteiger partial charge in [-0.2, -0.15) is 0 Å². The molecule has 0 aliphatic rings. The highest BCUT2D eigenvalue weighted by Crippen LogP contribution is 2.13. The molecule has 0 N–H and O–H groups in total. The van der Waals surface area contributed by atoms with Crippen molar-refractivity contribution >= 4 is 17.9 Å². The zero-order valence-electron chi connectivity index (χ0n) is 43.4. The molecule has 0 aromatic carbocycles. The minimum atomic E-state index is -0.825. The van der Waals surface area contributed by atoms with Gasteiger partial charge in [-0.25, -0.2) is 0 Å². The lowest BCUT2D eigenvalue weighted by Gasteiger charge is -2.18. The number of carbonyl (C=O) groups is 3. The third kappa shape index (κ3) is 52.9. The molecule has 67 heavy (non-hydrogen) atoms. The van der Waals surface area contributed by atoms with Crippen LogP contribution in [-0.4, -0.2) is 37.2 Å². The van der Waals surface area contributed by atoms with Crippen LogP contribution in [0.25, 0.3) is 0 Å². The molecule has 0 bridgehead atoms. The number of hydrogen-bond acceptors (Lipinski definition) is 6. The van der Waals surface area contributed by atoms with E-state index in [1.165, 1.54) is 109 Å². The van der Waals surface area contributed by atoms with E-state index in [0.717, 1.165) is 77.0 Å². The van der Waals surface area contributed by atoms with Crippen molar-refractivity contribution in [1.29, 1.82) is 0 Å². The molecule has 0 unspecified atom stereocenters. The molecular formula is C61H100O6. The van der Waals surface area contributed by atoms with Crippen molar-refractivity contribution < 1.29 is 28.6 Å². The van der Waals surface area contributed by atoms with Crippen LogP contribution in [0.15, 0.2) is 109 Å². The zero-order valence-corrected chi connectivity index (χ0v) is 43.4. The molecule has 0 saturated carbocycles. The van der Waals surface area contributed by atoms with Crippen LogP contribution in [-0.2, 0) is 28.6 Å². The minimum Gasteiger partial charge on any atom is -0.462 e. The van der Waals surface area contributed by atoms with Crippen LogP contribution in [0.2, 0.25) is 0 Å². The zero-order chi connectivity index (χ0) is 48.6. The molecule has 0 fully saturated rings. The lowest BCUT2D eigenvalue weighted by atomic mass is 10.1. The second-order valence-corrected chi connectivity index (χ2v) is 17.7. The molecule has 1 atom stereocenters. The Morgan fingerprint density at radius 2 is 0.597 bits per heavy atom. The van der Waals surface area contributed by atoms with Gasteiger partial charge in [-0.15, -0.1) is 0 Å². The number of carbonyl (C=O) groups excluding carboxylic acids is 3. The Hall–Kier alpha value is -3.93. The summed E-state index contributed by atoms with van der Waals surface area (Å²) in [5, 5.41) is 0. The summed E-state index contributed by atoms with van der Waals surface area (Å²) in [5.74, 6) is -1.04. The second kappa shape index (κ2) is 54.7. The van der Waals surface area contributed by atoms with Gasteiger partial charge in [-0.05, 0) is 116 Å². The molecule has 0 aromatic heterocycles. The molecule has 0 aromatic rings. The van der Waals surface area contributed by atoms with Gasteiger partial charge in [0.2, 0.25) is 0 Å². The molecule has 0 heterocycles. The first-order valence-corrected chi connectivity index (χ1v) is 27.4. The fourth-order valence-electron chi connectivity index (χ4n) is 7.13. The van der Waals surface area contributed by atoms with E-state index < -0.39 is 6.10 Å². The van der Waals surface area contributed by atoms with Crippen molar-refractivity contribution in [3.8, 4) is 0 Å². The maximum absolute atomic E-state index is 12.8. The quantitative estimate of drug-likeness (QED) is 0.0262. The Balaban J connectivity index is 4.56. The normalized spacial score (nSPS) is 12.9. The Morgan fingerprint density at radius 1 is 0.313 bits per heavy atom. The standard InChI is InChI=1S/C61H100O6/c1-4-7-10-13-16-19-22-25-28-30-33-35-38-41-44-47-50-53-59(62)65-56-58(67-61(64)55-52-49-46-43-40-37-32-27-24-21-18-15-12-9-6-3)57-66-60(63)54-51-48-45-42-39-36-34-31-29-26-23-20-17-14-11-8-5-2/h7,10,16,19,21,24-26,28-29,33-36,41-42,44-45,58H,4-6,8-9,11-15,17-18,20,22-23,27,30-32,37-40,43,46-57H2,1-3H3/b10-7-,19-16-,24-21-,28-25-,29-26-,35-33-,36-34-,44-41-,45-42-/t58-/m1/s1. The SMILES string of the molecule is CC/C=C\C/C=C\C/C=C\C/C=C\C/C=C\CCCC(=O)OC[C@H](COC(=O)CCC/C=C\C/C=C\C/C=C\CCCCCCCC)OC(=O)CCCCCCCCC/C=C\CCCCCC. The summed E-state index contributed by atoms with van der Waals surface area (Å²) in [5.41, 5.74) is 0. The van der Waals surface area contributed by atoms with Crippen molar-refractivity contribution in [3.63, 3.8) is 0 Å². The van der Waals surface area contributed by atoms with E-state index in [0.29, 0.717) is 19.3 Å². The molecule has 0 spiro atoms. The molecule has 0 rings (SSSR count). The molecule has 6 nitrogen and oxygen atoms in total. The van der Waals surface area contributed by atoms with E-state index in [9.17, 15) is 14.4 Å². The highest BCUT2D eigenvalue weighted by molar-refractivity contribution is 5.71. The first kappa shape index (κ1) is 63.1. The Morgan fingerprint density at radius 3 is 0.985 bits per heavy atom. The maximum Gasteiger partial charge on any atom is 0.306 e. The van der Waals surface area contributed by atoms with Gasteiger partial charge in [0.05, 0.1) is 0 Å². The van der Waals surface area contributed by atoms with Gasteiger partial charge < -0.3 is 14.2 Å². The van der Waals surface area contributed by atoms with Crippen molar-refractivity contribution in [2.45, 2.75) is 245 Å². The lowest BCUT2D eigenvalue weighted by molar-refractivity contribution is -0.167. The van der Waals surface area contributed by atoms with Crippen LogP contribution >= 0.6 is 0 Å². The van der Waals surface area contributed by atoms with Crippen LogP contribution in [0.4, 0.5) is 0 Å². The van der Waals surface area contributed by atoms with Crippen LogP contribution in [0.5, 0.6) is 0 Å². The highest BCUT2D eigenvalue weighted by atomic mass is 16.6. The monoisotopic (exact) mass is 929 g/mol. The van der Waals surface area contributed by atoms with Gasteiger partial charge in [0.1, 0.15) is 13.2 Å². The summed E-state index contributed by atoms with van der Waals surface area (Å²) in [6.07, 6.45) is 73.7. The number of allylic oxidation sites excluding steroid dienone is 18. The molecule has 0 amide bonds. The summed E-state index contributed by atoms with van der Waals surface area (Å²) >= 11 is 0. The van der Waals surface area contributed by atoms with Gasteiger partial charge in [0.25, 0.3) is 0 Å². The Labute approximate surface area is 412 Å². The number of rotatable bonds is 48. The third-order valence-corrected chi connectivity index (χ3v) is 11.2. The van der Waals surface area contributed by atoms with E-state index in [-0.39, 0.29) is 44.0 Å². The third-order valence-electron chi connectivity index (χ3n) is 11.2. The maximum atomic E-state index is 12.8. The van der Waals surface area contributed by atoms with E-state index in [2.05, 4.69) is 130 Å². The van der Waals surface area contributed by atoms with Crippen LogP contribution < -0.4 is 0 Å². The summed E-state index contributed by atoms with van der Waals surface area (Å²) in [6, 6.07) is 0. The predicted octanol–water partition coefficient (Wildman–Crippen LogP) is 18.3. The topological polar surface area (TPSA) is 78.9 Å². The highest BCUT2D eigenvalue weighted by Gasteiger charge is 2.19. The van der Waals surface area contributed by atoms with Gasteiger partial charge in [0.15, 0.2) is 6.10 Å². The summed E-state index contributed by atoms with van der Waals surface area (Å²) in [4.78, 5) is 38.0. The van der Waals surface area contributed by atoms with Crippen molar-refractivity contribution in [1.82, 2.24) is 0 Å². The van der Waals surface area contributed by atoms with Crippen molar-refractivity contribution in [2.75, 3.05) is 13.2 Å². The van der Waals surface area contributed by atoms with Gasteiger partial charge in [0, 0.05) is 19.3 Å². The lowest BCUT2D eigenvalue weighted by Crippen LogP contribution is -2.30. The Kier molecular flexibility index (Phi) is 51.5. The van der Waals surface area contributed by atoms with Crippen LogP contribution in [0, 0.1) is 0 Å². The summed E-state index contributed by atoms with van der Waals surface area (Å²) in [7, 11) is 0. The average Bonchev–Trinajstić information content (AvgIpc) is 3.33. The van der Waals surface area contributed by atoms with Crippen LogP contribution in [0.3, 0.4) is 0 Å². The van der Waals surface area contributed by atoms with Gasteiger partial charge in [-0.3, -0.25) is 14.4 Å². The fourth-order valence-corrected chi connectivity index (χ4v) is 7.13. The molecule has 0 saturated heterocycles. The summed E-state index contributed by atoms with van der Waals surface area (Å²) < 4.78 is 16.7. The summed E-state index contributed by atoms with van der Waals surface area (Å²) in [6.45, 7) is 6.40. The molecule has 0 radical (unpaired) electrons. The Bertz CT molecular complexity index is 1390. The van der Waals surface area contributed by atoms with Crippen molar-refractivity contribution in [2.24, 2.45) is 0 Å². The second-order valence-electron chi connectivity index (χ2n) is 17.7. The molecule has 6 heteroatoms. The van der Waals surface area contributed by atoms with Gasteiger partial charge >= 0.3 is 17.9 Å². The number of unbranched alkanes of at least 4 members (excludes halogenated alkanes) is 19. The van der Waals surface area contributed by atoms with E-state index in [4.69, 9.17) is 14.2 Å². The molecule has 0 aliphatic carbocycles. The first-order chi connectivity index (χ1) is 33.0. The smallest absolute Gasteiger partial charge is 0.306 e. The fraction of sp³-hybridized carbons (Fsp3) is 0.656. The first-order valence-electron chi connectivity index (χ1n) is 27.4. The number of ether oxygens (including phenoxy) is 3. The molecule has 0 aliphatic heterocycles. The average molecular weight is 929 g/mol. The van der Waals surface area contributed by atoms with Crippen LogP contribution in [0.1, 0.15) is 239 Å². The predicted molar refractivity (Wildman–Crippen MR) is 288 cm³/mol. The molecular weight excluding hydrogens is 829 g/mol. The largest absolute Gasteiger partial charge is 0.462 e. The van der Waals surface area contributed by atoms with E-state index in [1.807, 2.05) is 0 Å². The number of esters is 3. The number of hydrogen-bond donors (Lipinski definition) is 0. The van der Waals surface area contributed by atoms with Gasteiger partial charge in [-0.1, -0.05) is 214 Å². The minimum absolute atomic E-state index is 0.125. The molecule has 380 valence electrons. The van der Waals surface area contributed by atoms with E-state index >= 15 is 0 Å². The van der Waals surface area contributed by atoms with E-state index in [1.54, 1.807) is 0 Å². The van der Waals surface area contributed by atoms with Crippen molar-refractivity contribution in [3.05, 3.63) is 109 Å².